The fourth-order valence-corrected chi connectivity index (χ4v) is 34.0. The molecule has 0 aromatic heterocycles. The van der Waals surface area contributed by atoms with E-state index in [0.29, 0.717) is 23.8 Å². The summed E-state index contributed by atoms with van der Waals surface area (Å²) in [6, 6.07) is 0. The molecule has 0 rings (SSSR count). The van der Waals surface area contributed by atoms with E-state index < -0.39 is 58.9 Å². The molecule has 0 heterocycles. The van der Waals surface area contributed by atoms with E-state index in [9.17, 15) is 0 Å². The first-order valence-electron chi connectivity index (χ1n) is 19.8. The average Bonchev–Trinajstić information content (AvgIpc) is 2.83. The van der Waals surface area contributed by atoms with E-state index in [1.54, 1.807) is 0 Å². The van der Waals surface area contributed by atoms with Crippen molar-refractivity contribution in [2.75, 3.05) is 19.8 Å². The van der Waals surface area contributed by atoms with Crippen LogP contribution < -0.4 is 0 Å². The minimum atomic E-state index is -3.61. The molecule has 0 fully saturated rings. The van der Waals surface area contributed by atoms with Gasteiger partial charge in [0.1, 0.15) is 0 Å². The Labute approximate surface area is 335 Å². The zero-order valence-corrected chi connectivity index (χ0v) is 47.0. The van der Waals surface area contributed by atoms with Crippen molar-refractivity contribution in [2.24, 2.45) is 5.41 Å². The van der Waals surface area contributed by atoms with Crippen molar-refractivity contribution in [3.63, 3.8) is 0 Å². The molecular formula is C39H90O9Sn3. The van der Waals surface area contributed by atoms with Crippen molar-refractivity contribution in [1.29, 1.82) is 0 Å². The van der Waals surface area contributed by atoms with Gasteiger partial charge in [-0.2, -0.15) is 0 Å². The minimum absolute atomic E-state index is 0.163. The Bertz CT molecular complexity index is 772. The van der Waals surface area contributed by atoms with E-state index in [1.807, 2.05) is 62.3 Å². The maximum absolute atomic E-state index is 6.45. The van der Waals surface area contributed by atoms with Crippen molar-refractivity contribution in [3.05, 3.63) is 0 Å². The summed E-state index contributed by atoms with van der Waals surface area (Å²) in [5.41, 5.74) is -0.503. The second-order valence-corrected chi connectivity index (χ2v) is 41.6. The van der Waals surface area contributed by atoms with Crippen LogP contribution in [0.4, 0.5) is 0 Å². The van der Waals surface area contributed by atoms with E-state index in [2.05, 4.69) is 104 Å². The molecule has 0 aliphatic heterocycles. The van der Waals surface area contributed by atoms with Crippen molar-refractivity contribution < 1.29 is 27.7 Å². The van der Waals surface area contributed by atoms with Crippen LogP contribution in [0.3, 0.4) is 0 Å². The molecule has 0 saturated heterocycles. The summed E-state index contributed by atoms with van der Waals surface area (Å²) in [7, 11) is 0. The monoisotopic (exact) mass is 1060 g/mol. The van der Waals surface area contributed by atoms with Crippen LogP contribution in [0.25, 0.3) is 0 Å². The Morgan fingerprint density at radius 2 is 0.745 bits per heavy atom. The first-order valence-corrected chi connectivity index (χ1v) is 36.0. The Kier molecular flexibility index (Phi) is 29.4. The van der Waals surface area contributed by atoms with Gasteiger partial charge in [-0.15, -0.1) is 0 Å². The molecule has 0 saturated carbocycles. The van der Waals surface area contributed by atoms with Crippen LogP contribution in [-0.4, -0.2) is 114 Å². The summed E-state index contributed by atoms with van der Waals surface area (Å²) in [5, 5.41) is 0. The molecule has 12 heteroatoms. The van der Waals surface area contributed by atoms with Gasteiger partial charge in [-0.25, -0.2) is 0 Å². The van der Waals surface area contributed by atoms with E-state index in [0.717, 1.165) is 21.7 Å². The van der Waals surface area contributed by atoms with Gasteiger partial charge in [0.25, 0.3) is 0 Å². The Hall–Kier alpha value is 2.04. The molecule has 312 valence electrons. The predicted octanol–water partition coefficient (Wildman–Crippen LogP) is 11.9. The molecule has 0 aliphatic rings. The van der Waals surface area contributed by atoms with Gasteiger partial charge >= 0.3 is 339 Å². The fraction of sp³-hybridized carbons (Fsp3) is 1.00. The van der Waals surface area contributed by atoms with Crippen LogP contribution in [0.2, 0.25) is 12.8 Å². The van der Waals surface area contributed by atoms with Gasteiger partial charge in [-0.05, 0) is 0 Å². The zero-order valence-electron chi connectivity index (χ0n) is 38.4. The molecular weight excluding hydrogens is 969 g/mol. The van der Waals surface area contributed by atoms with Crippen molar-refractivity contribution in [2.45, 2.75) is 227 Å². The van der Waals surface area contributed by atoms with Gasteiger partial charge in [0, 0.05) is 0 Å². The number of unbranched alkanes of at least 4 members (excludes halogenated alkanes) is 1. The maximum atomic E-state index is 6.45. The van der Waals surface area contributed by atoms with Crippen LogP contribution >= 0.6 is 0 Å². The zero-order chi connectivity index (χ0) is 41.1. The summed E-state index contributed by atoms with van der Waals surface area (Å²) in [4.78, 5) is 0. The fourth-order valence-electron chi connectivity index (χ4n) is 5.07. The molecule has 0 amide bonds. The quantitative estimate of drug-likeness (QED) is 0.111. The SMILES string of the molecule is CC(C)[O][Sn]([O]C(C)C)([O]C(C)C)[CH](C)C.CCC[CH2][Sn]([O]C(C)(C)C)([O]C(C)(C)C)[O]C(C)(C)C.CC[O][Sn]([CH2]C(C)(C)C)([O]CC)[O]CC. The molecule has 0 aromatic rings. The van der Waals surface area contributed by atoms with Crippen molar-refractivity contribution in [1.82, 2.24) is 0 Å². The molecule has 0 N–H and O–H groups in total. The average molecular weight is 1060 g/mol. The second-order valence-electron chi connectivity index (χ2n) is 18.4. The molecule has 0 bridgehead atoms. The number of hydrogen-bond acceptors (Lipinski definition) is 9. The van der Waals surface area contributed by atoms with Crippen LogP contribution in [0, 0.1) is 5.41 Å². The van der Waals surface area contributed by atoms with Gasteiger partial charge in [-0.3, -0.25) is 0 Å². The molecule has 0 spiro atoms. The van der Waals surface area contributed by atoms with E-state index in [1.165, 1.54) is 0 Å². The summed E-state index contributed by atoms with van der Waals surface area (Å²) in [6.45, 7) is 52.2. The molecule has 0 radical (unpaired) electrons. The van der Waals surface area contributed by atoms with Gasteiger partial charge in [0.2, 0.25) is 0 Å². The molecule has 0 unspecified atom stereocenters. The third-order valence-corrected chi connectivity index (χ3v) is 38.0. The van der Waals surface area contributed by atoms with Crippen molar-refractivity contribution in [3.8, 4) is 0 Å². The molecule has 9 nitrogen and oxygen atoms in total. The molecule has 0 aliphatic carbocycles. The van der Waals surface area contributed by atoms with Crippen LogP contribution in [0.15, 0.2) is 0 Å². The summed E-state index contributed by atoms with van der Waals surface area (Å²) >= 11 is -10.2. The molecule has 0 aromatic carbocycles. The number of rotatable bonds is 20. The van der Waals surface area contributed by atoms with Gasteiger partial charge in [0.15, 0.2) is 0 Å². The van der Waals surface area contributed by atoms with E-state index in [4.69, 9.17) is 27.7 Å². The van der Waals surface area contributed by atoms with E-state index in [-0.39, 0.29) is 40.5 Å². The van der Waals surface area contributed by atoms with Crippen LogP contribution in [-0.2, 0) is 27.7 Å². The topological polar surface area (TPSA) is 83.1 Å². The molecule has 51 heavy (non-hydrogen) atoms. The predicted molar refractivity (Wildman–Crippen MR) is 222 cm³/mol. The first-order chi connectivity index (χ1) is 22.8. The van der Waals surface area contributed by atoms with Crippen molar-refractivity contribution >= 4 is 58.9 Å². The summed E-state index contributed by atoms with van der Waals surface area (Å²) in [6.07, 6.45) is 2.72. The molecule has 0 atom stereocenters. The first kappa shape index (κ1) is 57.4. The van der Waals surface area contributed by atoms with Gasteiger partial charge < -0.3 is 0 Å². The third-order valence-electron chi connectivity index (χ3n) is 5.97. The Morgan fingerprint density at radius 1 is 0.451 bits per heavy atom. The second kappa shape index (κ2) is 26.1. The Morgan fingerprint density at radius 3 is 0.922 bits per heavy atom. The third kappa shape index (κ3) is 31.8. The standard InChI is InChI=1S/C5H11.3C4H9O.C4H9.3C3H7O.C3H7.3C2H5O.3Sn/c1-5(2,3)4;3*1-4(2,3)5;1-3-4-2;3*1-3(2)4;1-3-2;3*1-2-3;;;/h1H2,2-4H3;3*1-3H3;1,3-4H2,2H3;3*3H,1-2H3;3H,1-2H3;3*2H2,1H3;;;/q;3*-1;;3*-1;;3*-1;3*+3. The Balaban J connectivity index is -0.000000687. The number of hydrogen-bond donors (Lipinski definition) is 0. The van der Waals surface area contributed by atoms with Crippen LogP contribution in [0.5, 0.6) is 0 Å². The normalized spacial score (nSPS) is 13.9. The summed E-state index contributed by atoms with van der Waals surface area (Å²) < 4.78 is 57.4. The summed E-state index contributed by atoms with van der Waals surface area (Å²) in [5.74, 6) is 0. The van der Waals surface area contributed by atoms with Crippen LogP contribution in [0.1, 0.15) is 179 Å². The van der Waals surface area contributed by atoms with Gasteiger partial charge in [-0.1, -0.05) is 0 Å². The van der Waals surface area contributed by atoms with Gasteiger partial charge in [0.05, 0.1) is 0 Å². The van der Waals surface area contributed by atoms with E-state index >= 15 is 0 Å².